The fourth-order valence-electron chi connectivity index (χ4n) is 4.80. The van der Waals surface area contributed by atoms with Crippen molar-refractivity contribution in [3.05, 3.63) is 46.1 Å². The van der Waals surface area contributed by atoms with Crippen LogP contribution in [-0.2, 0) is 0 Å². The molecule has 1 aromatic rings. The van der Waals surface area contributed by atoms with Gasteiger partial charge in [0.25, 0.3) is 0 Å². The molecule has 26 heavy (non-hydrogen) atoms. The van der Waals surface area contributed by atoms with E-state index in [4.69, 9.17) is 11.6 Å². The molecule has 1 N–H and O–H groups in total. The minimum absolute atomic E-state index is 0.0247. The van der Waals surface area contributed by atoms with Crippen molar-refractivity contribution in [1.29, 1.82) is 0 Å². The van der Waals surface area contributed by atoms with Gasteiger partial charge in [-0.15, -0.1) is 0 Å². The Morgan fingerprint density at radius 3 is 2.54 bits per heavy atom. The van der Waals surface area contributed by atoms with Crippen molar-refractivity contribution in [2.75, 3.05) is 19.6 Å². The SMILES string of the molecule is O=C1C(Cl)=C(NCCC2CCCN3CCCCC23)C(=O)c2ccccc21. The fourth-order valence-corrected chi connectivity index (χ4v) is 5.05. The van der Waals surface area contributed by atoms with Crippen molar-refractivity contribution >= 4 is 23.2 Å². The summed E-state index contributed by atoms with van der Waals surface area (Å²) in [6.07, 6.45) is 7.46. The van der Waals surface area contributed by atoms with Crippen LogP contribution >= 0.6 is 11.6 Å². The summed E-state index contributed by atoms with van der Waals surface area (Å²) >= 11 is 6.23. The highest BCUT2D eigenvalue weighted by Crippen LogP contribution is 2.33. The molecule has 0 saturated carbocycles. The first-order chi connectivity index (χ1) is 12.7. The summed E-state index contributed by atoms with van der Waals surface area (Å²) in [5.41, 5.74) is 1.12. The van der Waals surface area contributed by atoms with E-state index in [1.165, 1.54) is 45.2 Å². The molecule has 0 aromatic heterocycles. The van der Waals surface area contributed by atoms with Gasteiger partial charge in [0, 0.05) is 23.7 Å². The van der Waals surface area contributed by atoms with E-state index < -0.39 is 0 Å². The Morgan fingerprint density at radius 2 is 1.73 bits per heavy atom. The van der Waals surface area contributed by atoms with Gasteiger partial charge in [0.15, 0.2) is 0 Å². The normalized spacial score (nSPS) is 26.5. The number of ketones is 2. The number of halogens is 1. The van der Waals surface area contributed by atoms with E-state index in [1.807, 2.05) is 0 Å². The van der Waals surface area contributed by atoms with Crippen molar-refractivity contribution in [3.8, 4) is 0 Å². The Labute approximate surface area is 159 Å². The molecule has 4 nitrogen and oxygen atoms in total. The summed E-state index contributed by atoms with van der Waals surface area (Å²) < 4.78 is 0. The fraction of sp³-hybridized carbons (Fsp3) is 0.524. The van der Waals surface area contributed by atoms with Gasteiger partial charge in [-0.2, -0.15) is 0 Å². The molecule has 0 radical (unpaired) electrons. The third-order valence-corrected chi connectivity index (χ3v) is 6.47. The van der Waals surface area contributed by atoms with Crippen molar-refractivity contribution in [1.82, 2.24) is 10.2 Å². The number of hydrogen-bond donors (Lipinski definition) is 1. The number of piperidine rings is 2. The highest BCUT2D eigenvalue weighted by Gasteiger charge is 2.34. The number of allylic oxidation sites excluding steroid dienone is 2. The van der Waals surface area contributed by atoms with Crippen LogP contribution in [-0.4, -0.2) is 42.1 Å². The third-order valence-electron chi connectivity index (χ3n) is 6.11. The monoisotopic (exact) mass is 372 g/mol. The molecule has 2 fully saturated rings. The Balaban J connectivity index is 1.42. The third kappa shape index (κ3) is 3.21. The zero-order valence-corrected chi connectivity index (χ0v) is 15.7. The first kappa shape index (κ1) is 17.7. The molecule has 3 aliphatic rings. The zero-order chi connectivity index (χ0) is 18.1. The van der Waals surface area contributed by atoms with Gasteiger partial charge < -0.3 is 10.2 Å². The predicted octanol–water partition coefficient (Wildman–Crippen LogP) is 3.76. The molecule has 2 aliphatic heterocycles. The first-order valence-electron chi connectivity index (χ1n) is 9.73. The Hall–Kier alpha value is -1.65. The largest absolute Gasteiger partial charge is 0.381 e. The number of carbonyl (C=O) groups excluding carboxylic acids is 2. The molecule has 2 atom stereocenters. The van der Waals surface area contributed by atoms with Gasteiger partial charge in [0.05, 0.1) is 0 Å². The Bertz CT molecular complexity index is 756. The van der Waals surface area contributed by atoms with E-state index in [-0.39, 0.29) is 22.3 Å². The van der Waals surface area contributed by atoms with Crippen LogP contribution in [0.1, 0.15) is 59.2 Å². The highest BCUT2D eigenvalue weighted by molar-refractivity contribution is 6.49. The maximum atomic E-state index is 12.7. The molecular weight excluding hydrogens is 348 g/mol. The van der Waals surface area contributed by atoms with Crippen molar-refractivity contribution in [2.24, 2.45) is 5.92 Å². The molecule has 2 saturated heterocycles. The minimum atomic E-state index is -0.263. The molecule has 2 unspecified atom stereocenters. The maximum Gasteiger partial charge on any atom is 0.211 e. The molecule has 138 valence electrons. The van der Waals surface area contributed by atoms with Crippen LogP contribution in [0.2, 0.25) is 0 Å². The lowest BCUT2D eigenvalue weighted by molar-refractivity contribution is 0.0561. The average Bonchev–Trinajstić information content (AvgIpc) is 2.69. The second kappa shape index (κ2) is 7.53. The van der Waals surface area contributed by atoms with Gasteiger partial charge in [-0.05, 0) is 51.1 Å². The summed E-state index contributed by atoms with van der Waals surface area (Å²) in [4.78, 5) is 27.8. The highest BCUT2D eigenvalue weighted by atomic mass is 35.5. The van der Waals surface area contributed by atoms with Gasteiger partial charge in [0.1, 0.15) is 10.7 Å². The van der Waals surface area contributed by atoms with Crippen LogP contribution in [0.15, 0.2) is 35.0 Å². The van der Waals surface area contributed by atoms with Gasteiger partial charge in [-0.3, -0.25) is 9.59 Å². The summed E-state index contributed by atoms with van der Waals surface area (Å²) in [5, 5.41) is 3.22. The van der Waals surface area contributed by atoms with Gasteiger partial charge in [0.2, 0.25) is 11.6 Å². The summed E-state index contributed by atoms with van der Waals surface area (Å²) in [6.45, 7) is 3.15. The molecule has 0 bridgehead atoms. The lowest BCUT2D eigenvalue weighted by atomic mass is 9.81. The number of nitrogens with zero attached hydrogens (tertiary/aromatic N) is 1. The number of Topliss-reactive ketones (excluding diaryl/α,β-unsaturated/α-hetero) is 2. The van der Waals surface area contributed by atoms with Crippen molar-refractivity contribution in [2.45, 2.75) is 44.6 Å². The number of nitrogens with one attached hydrogen (secondary N) is 1. The lowest BCUT2D eigenvalue weighted by Crippen LogP contribution is -2.48. The number of hydrogen-bond acceptors (Lipinski definition) is 4. The first-order valence-corrected chi connectivity index (χ1v) is 10.1. The van der Waals surface area contributed by atoms with Crippen LogP contribution in [0.5, 0.6) is 0 Å². The number of rotatable bonds is 4. The van der Waals surface area contributed by atoms with Gasteiger partial charge in [-0.25, -0.2) is 0 Å². The van der Waals surface area contributed by atoms with E-state index in [1.54, 1.807) is 24.3 Å². The predicted molar refractivity (Wildman–Crippen MR) is 103 cm³/mol. The van der Waals surface area contributed by atoms with E-state index >= 15 is 0 Å². The number of benzene rings is 1. The quantitative estimate of drug-likeness (QED) is 0.874. The maximum absolute atomic E-state index is 12.7. The molecule has 2 heterocycles. The second-order valence-corrected chi connectivity index (χ2v) is 7.99. The summed E-state index contributed by atoms with van der Waals surface area (Å²) in [7, 11) is 0. The van der Waals surface area contributed by atoms with E-state index in [0.717, 1.165) is 6.42 Å². The Kier molecular flexibility index (Phi) is 5.14. The average molecular weight is 373 g/mol. The minimum Gasteiger partial charge on any atom is -0.381 e. The van der Waals surface area contributed by atoms with E-state index in [2.05, 4.69) is 10.2 Å². The summed E-state index contributed by atoms with van der Waals surface area (Å²) in [5.74, 6) is 0.228. The van der Waals surface area contributed by atoms with Crippen LogP contribution in [0.25, 0.3) is 0 Å². The number of fused-ring (bicyclic) bond motifs is 2. The molecule has 1 aliphatic carbocycles. The molecule has 4 rings (SSSR count). The zero-order valence-electron chi connectivity index (χ0n) is 15.0. The smallest absolute Gasteiger partial charge is 0.211 e. The second-order valence-electron chi connectivity index (χ2n) is 7.61. The van der Waals surface area contributed by atoms with Crippen LogP contribution < -0.4 is 5.32 Å². The summed E-state index contributed by atoms with van der Waals surface area (Å²) in [6, 6.07) is 7.58. The standard InChI is InChI=1S/C21H25ClN2O2/c22-18-19(21(26)16-8-2-1-7-15(16)20(18)25)23-11-10-14-6-5-13-24-12-4-3-9-17(14)24/h1-2,7-8,14,17,23H,3-6,9-13H2. The molecule has 0 amide bonds. The van der Waals surface area contributed by atoms with Crippen molar-refractivity contribution in [3.63, 3.8) is 0 Å². The number of carbonyl (C=O) groups is 2. The van der Waals surface area contributed by atoms with E-state index in [9.17, 15) is 9.59 Å². The molecule has 0 spiro atoms. The Morgan fingerprint density at radius 1 is 1.00 bits per heavy atom. The van der Waals surface area contributed by atoms with Gasteiger partial charge in [-0.1, -0.05) is 42.3 Å². The lowest BCUT2D eigenvalue weighted by Gasteiger charge is -2.44. The van der Waals surface area contributed by atoms with Crippen LogP contribution in [0.3, 0.4) is 0 Å². The topological polar surface area (TPSA) is 49.4 Å². The van der Waals surface area contributed by atoms with Crippen molar-refractivity contribution < 1.29 is 9.59 Å². The van der Waals surface area contributed by atoms with E-state index in [0.29, 0.717) is 29.6 Å². The van der Waals surface area contributed by atoms with Crippen LogP contribution in [0.4, 0.5) is 0 Å². The van der Waals surface area contributed by atoms with Crippen LogP contribution in [0, 0.1) is 5.92 Å². The molecule has 5 heteroatoms. The van der Waals surface area contributed by atoms with Gasteiger partial charge >= 0.3 is 0 Å². The molecule has 1 aromatic carbocycles. The molecular formula is C21H25ClN2O2.